The van der Waals surface area contributed by atoms with Crippen molar-refractivity contribution in [3.8, 4) is 0 Å². The Morgan fingerprint density at radius 3 is 2.11 bits per heavy atom. The number of hydrogen-bond donors (Lipinski definition) is 0. The second-order valence-electron chi connectivity index (χ2n) is 6.14. The lowest BCUT2D eigenvalue weighted by atomic mass is 9.94. The maximum atomic E-state index is 2.54. The Balaban J connectivity index is 2.60. The van der Waals surface area contributed by atoms with Crippen LogP contribution in [-0.2, 0) is 12.8 Å². The van der Waals surface area contributed by atoms with E-state index in [1.54, 1.807) is 0 Å². The lowest BCUT2D eigenvalue weighted by molar-refractivity contribution is -0.512. The zero-order chi connectivity index (χ0) is 13.3. The zero-order valence-electron chi connectivity index (χ0n) is 12.5. The van der Waals surface area contributed by atoms with Crippen molar-refractivity contribution < 1.29 is 4.58 Å². The summed E-state index contributed by atoms with van der Waals surface area (Å²) in [5.41, 5.74) is 4.67. The molecule has 0 fully saturated rings. The highest BCUT2D eigenvalue weighted by Gasteiger charge is 2.41. The summed E-state index contributed by atoms with van der Waals surface area (Å²) in [4.78, 5) is 0. The van der Waals surface area contributed by atoms with E-state index < -0.39 is 0 Å². The third-order valence-corrected chi connectivity index (χ3v) is 4.08. The van der Waals surface area contributed by atoms with Gasteiger partial charge >= 0.3 is 0 Å². The normalized spacial score (nSPS) is 22.1. The zero-order valence-corrected chi connectivity index (χ0v) is 12.5. The summed E-state index contributed by atoms with van der Waals surface area (Å²) in [6.45, 7) is 11.6. The van der Waals surface area contributed by atoms with Gasteiger partial charge in [0.2, 0.25) is 5.69 Å². The molecule has 0 spiro atoms. The molecule has 0 saturated carbocycles. The van der Waals surface area contributed by atoms with Crippen LogP contribution in [0.5, 0.6) is 0 Å². The Bertz CT molecular complexity index is 446. The highest BCUT2D eigenvalue weighted by atomic mass is 15.1. The van der Waals surface area contributed by atoms with Crippen LogP contribution in [0.3, 0.4) is 0 Å². The number of para-hydroxylation sites is 1. The van der Waals surface area contributed by atoms with Crippen molar-refractivity contribution in [1.29, 1.82) is 0 Å². The molecule has 0 N–H and O–H groups in total. The monoisotopic (exact) mass is 244 g/mol. The van der Waals surface area contributed by atoms with E-state index in [1.165, 1.54) is 23.2 Å². The van der Waals surface area contributed by atoms with Gasteiger partial charge in [0.05, 0.1) is 0 Å². The first-order valence-electron chi connectivity index (χ1n) is 7.24. The van der Waals surface area contributed by atoms with Crippen LogP contribution in [0.1, 0.15) is 52.2 Å². The third-order valence-electron chi connectivity index (χ3n) is 4.08. The number of rotatable bonds is 3. The summed E-state index contributed by atoms with van der Waals surface area (Å²) in [5.74, 6) is 0.676. The van der Waals surface area contributed by atoms with Gasteiger partial charge in [-0.1, -0.05) is 39.0 Å². The lowest BCUT2D eigenvalue weighted by Crippen LogP contribution is -2.29. The molecule has 0 radical (unpaired) electrons. The number of nitrogens with zero attached hydrogens (tertiary/aromatic N) is 1. The van der Waals surface area contributed by atoms with Gasteiger partial charge in [-0.15, -0.1) is 0 Å². The Kier molecular flexibility index (Phi) is 3.61. The van der Waals surface area contributed by atoms with Gasteiger partial charge in [-0.3, -0.25) is 0 Å². The standard InChI is InChI=1S/C17H26N/c1-6-14-9-8-10-15(7-2)16(14)18-12-13(3)11-17(18,4)5/h8-10,12-13H,6-7,11H2,1-5H3/q+1. The van der Waals surface area contributed by atoms with E-state index in [1.807, 2.05) is 0 Å². The highest BCUT2D eigenvalue weighted by Crippen LogP contribution is 2.36. The molecule has 1 heterocycles. The Hall–Kier alpha value is -1.11. The van der Waals surface area contributed by atoms with E-state index in [2.05, 4.69) is 63.6 Å². The Morgan fingerprint density at radius 2 is 1.72 bits per heavy atom. The van der Waals surface area contributed by atoms with E-state index in [0.717, 1.165) is 12.8 Å². The second-order valence-corrected chi connectivity index (χ2v) is 6.14. The van der Waals surface area contributed by atoms with Gasteiger partial charge in [-0.2, -0.15) is 4.58 Å². The van der Waals surface area contributed by atoms with Crippen molar-refractivity contribution >= 4 is 11.9 Å². The Labute approximate surface area is 112 Å². The van der Waals surface area contributed by atoms with Crippen LogP contribution in [0, 0.1) is 5.92 Å². The van der Waals surface area contributed by atoms with Crippen LogP contribution in [0.2, 0.25) is 0 Å². The molecule has 0 bridgehead atoms. The molecular weight excluding hydrogens is 218 g/mol. The minimum atomic E-state index is 0.245. The summed E-state index contributed by atoms with van der Waals surface area (Å²) >= 11 is 0. The first kappa shape index (κ1) is 13.3. The fraction of sp³-hybridized carbons (Fsp3) is 0.588. The van der Waals surface area contributed by atoms with Crippen molar-refractivity contribution in [3.05, 3.63) is 29.3 Å². The van der Waals surface area contributed by atoms with Crippen molar-refractivity contribution in [2.45, 2.75) is 59.4 Å². The average Bonchev–Trinajstić information content (AvgIpc) is 2.61. The molecule has 1 atom stereocenters. The minimum absolute atomic E-state index is 0.245. The maximum Gasteiger partial charge on any atom is 0.211 e. The summed E-state index contributed by atoms with van der Waals surface area (Å²) < 4.78 is 2.54. The summed E-state index contributed by atoms with van der Waals surface area (Å²) in [5, 5.41) is 0. The predicted octanol–water partition coefficient (Wildman–Crippen LogP) is 4.34. The summed E-state index contributed by atoms with van der Waals surface area (Å²) in [7, 11) is 0. The molecule has 1 heteroatoms. The first-order valence-corrected chi connectivity index (χ1v) is 7.24. The van der Waals surface area contributed by atoms with Crippen LogP contribution in [0.25, 0.3) is 0 Å². The predicted molar refractivity (Wildman–Crippen MR) is 79.0 cm³/mol. The SMILES string of the molecule is CCc1cccc(CC)c1[N+]1=CC(C)CC1(C)C. The average molecular weight is 244 g/mol. The van der Waals surface area contributed by atoms with E-state index in [-0.39, 0.29) is 5.54 Å². The summed E-state index contributed by atoms with van der Waals surface area (Å²) in [6, 6.07) is 6.76. The van der Waals surface area contributed by atoms with Gasteiger partial charge in [0.15, 0.2) is 5.54 Å². The Morgan fingerprint density at radius 1 is 1.17 bits per heavy atom. The maximum absolute atomic E-state index is 2.54. The third kappa shape index (κ3) is 2.23. The van der Waals surface area contributed by atoms with Gasteiger partial charge in [-0.25, -0.2) is 0 Å². The second kappa shape index (κ2) is 4.87. The molecule has 98 valence electrons. The van der Waals surface area contributed by atoms with E-state index >= 15 is 0 Å². The van der Waals surface area contributed by atoms with Gasteiger partial charge in [-0.05, 0) is 12.8 Å². The molecule has 0 aromatic heterocycles. The number of hydrogen-bond acceptors (Lipinski definition) is 0. The van der Waals surface area contributed by atoms with Gasteiger partial charge < -0.3 is 0 Å². The van der Waals surface area contributed by atoms with Crippen LogP contribution in [-0.4, -0.2) is 16.3 Å². The van der Waals surface area contributed by atoms with Crippen LogP contribution >= 0.6 is 0 Å². The molecule has 2 rings (SSSR count). The minimum Gasteiger partial charge on any atom is -0.197 e. The van der Waals surface area contributed by atoms with Crippen molar-refractivity contribution in [1.82, 2.24) is 0 Å². The van der Waals surface area contributed by atoms with Crippen molar-refractivity contribution in [2.75, 3.05) is 0 Å². The number of aryl methyl sites for hydroxylation is 2. The van der Waals surface area contributed by atoms with Crippen LogP contribution in [0.15, 0.2) is 18.2 Å². The molecule has 1 aliphatic heterocycles. The smallest absolute Gasteiger partial charge is 0.197 e. The fourth-order valence-electron chi connectivity index (χ4n) is 3.30. The molecule has 1 unspecified atom stereocenters. The van der Waals surface area contributed by atoms with E-state index in [9.17, 15) is 0 Å². The number of benzene rings is 1. The molecule has 1 nitrogen and oxygen atoms in total. The van der Waals surface area contributed by atoms with E-state index in [4.69, 9.17) is 0 Å². The molecule has 0 saturated heterocycles. The highest BCUT2D eigenvalue weighted by molar-refractivity contribution is 5.62. The summed E-state index contributed by atoms with van der Waals surface area (Å²) in [6.07, 6.45) is 5.89. The molecule has 1 aromatic carbocycles. The molecular formula is C17H26N+. The van der Waals surface area contributed by atoms with Crippen LogP contribution < -0.4 is 0 Å². The fourth-order valence-corrected chi connectivity index (χ4v) is 3.30. The van der Waals surface area contributed by atoms with Gasteiger partial charge in [0.1, 0.15) is 6.21 Å². The quantitative estimate of drug-likeness (QED) is 0.696. The molecule has 18 heavy (non-hydrogen) atoms. The van der Waals surface area contributed by atoms with Gasteiger partial charge in [0, 0.05) is 37.3 Å². The topological polar surface area (TPSA) is 3.01 Å². The van der Waals surface area contributed by atoms with Crippen LogP contribution in [0.4, 0.5) is 5.69 Å². The first-order chi connectivity index (χ1) is 8.49. The van der Waals surface area contributed by atoms with Crippen molar-refractivity contribution in [3.63, 3.8) is 0 Å². The lowest BCUT2D eigenvalue weighted by Gasteiger charge is -2.20. The van der Waals surface area contributed by atoms with Gasteiger partial charge in [0.25, 0.3) is 0 Å². The molecule has 0 aliphatic carbocycles. The molecule has 1 aromatic rings. The van der Waals surface area contributed by atoms with Crippen molar-refractivity contribution in [2.24, 2.45) is 5.92 Å². The van der Waals surface area contributed by atoms with E-state index in [0.29, 0.717) is 5.92 Å². The molecule has 0 amide bonds. The molecule has 1 aliphatic rings. The largest absolute Gasteiger partial charge is 0.211 e.